The molecule has 0 spiro atoms. The normalized spacial score (nSPS) is 15.8. The molecule has 2 aromatic carbocycles. The van der Waals surface area contributed by atoms with Crippen LogP contribution in [0.1, 0.15) is 43.3 Å². The van der Waals surface area contributed by atoms with Crippen molar-refractivity contribution in [2.24, 2.45) is 0 Å². The van der Waals surface area contributed by atoms with E-state index in [4.69, 9.17) is 4.74 Å². The van der Waals surface area contributed by atoms with Crippen molar-refractivity contribution in [3.63, 3.8) is 0 Å². The third-order valence-corrected chi connectivity index (χ3v) is 6.15. The first-order valence-corrected chi connectivity index (χ1v) is 11.0. The molecule has 34 heavy (non-hydrogen) atoms. The first-order chi connectivity index (χ1) is 16.1. The smallest absolute Gasteiger partial charge is 0.387 e. The quantitative estimate of drug-likeness (QED) is 0.472. The van der Waals surface area contributed by atoms with E-state index in [2.05, 4.69) is 9.97 Å². The molecule has 1 aliphatic heterocycles. The van der Waals surface area contributed by atoms with Gasteiger partial charge in [0.25, 0.3) is 5.56 Å². The lowest BCUT2D eigenvalue weighted by molar-refractivity contribution is -0.0507. The van der Waals surface area contributed by atoms with E-state index in [-0.39, 0.29) is 17.4 Å². The predicted octanol–water partition coefficient (Wildman–Crippen LogP) is 4.39. The van der Waals surface area contributed by atoms with E-state index in [1.165, 1.54) is 0 Å². The fourth-order valence-electron chi connectivity index (χ4n) is 4.57. The summed E-state index contributed by atoms with van der Waals surface area (Å²) in [5.41, 5.74) is 2.48. The van der Waals surface area contributed by atoms with Crippen molar-refractivity contribution in [1.29, 1.82) is 0 Å². The Morgan fingerprint density at radius 2 is 1.85 bits per heavy atom. The van der Waals surface area contributed by atoms with Crippen molar-refractivity contribution in [3.8, 4) is 16.9 Å². The van der Waals surface area contributed by atoms with Crippen molar-refractivity contribution < 1.29 is 18.6 Å². The summed E-state index contributed by atoms with van der Waals surface area (Å²) in [5.74, 6) is 0.421. The molecule has 5 rings (SSSR count). The Hall–Kier alpha value is -3.59. The van der Waals surface area contributed by atoms with E-state index in [1.807, 2.05) is 29.8 Å². The van der Waals surface area contributed by atoms with E-state index in [9.17, 15) is 18.7 Å². The fourth-order valence-corrected chi connectivity index (χ4v) is 4.57. The zero-order valence-electron chi connectivity index (χ0n) is 19.0. The molecule has 1 aliphatic rings. The van der Waals surface area contributed by atoms with Crippen molar-refractivity contribution in [1.82, 2.24) is 19.3 Å². The Morgan fingerprint density at radius 3 is 2.53 bits per heavy atom. The van der Waals surface area contributed by atoms with Crippen LogP contribution >= 0.6 is 0 Å². The molecule has 2 aromatic heterocycles. The van der Waals surface area contributed by atoms with Crippen LogP contribution in [-0.2, 0) is 12.1 Å². The van der Waals surface area contributed by atoms with Crippen LogP contribution < -0.4 is 10.3 Å². The van der Waals surface area contributed by atoms with Gasteiger partial charge < -0.3 is 9.84 Å². The molecule has 1 N–H and O–H groups in total. The maximum Gasteiger partial charge on any atom is 0.387 e. The van der Waals surface area contributed by atoms with Crippen LogP contribution in [-0.4, -0.2) is 31.0 Å². The van der Waals surface area contributed by atoms with E-state index in [0.29, 0.717) is 35.3 Å². The first kappa shape index (κ1) is 22.2. The molecule has 4 aromatic rings. The highest BCUT2D eigenvalue weighted by atomic mass is 19.3. The van der Waals surface area contributed by atoms with Gasteiger partial charge in [0, 0.05) is 30.1 Å². The summed E-state index contributed by atoms with van der Waals surface area (Å²) in [6, 6.07) is 10.3. The van der Waals surface area contributed by atoms with E-state index >= 15 is 0 Å². The van der Waals surface area contributed by atoms with Gasteiger partial charge in [0.1, 0.15) is 11.4 Å². The van der Waals surface area contributed by atoms with Crippen LogP contribution in [0.15, 0.2) is 53.6 Å². The Balaban J connectivity index is 1.63. The fraction of sp³-hybridized carbons (Fsp3) is 0.320. The molecule has 0 amide bonds. The molecular weight excluding hydrogens is 442 g/mol. The van der Waals surface area contributed by atoms with Crippen molar-refractivity contribution in [2.75, 3.05) is 0 Å². The molecule has 7 nitrogen and oxygen atoms in total. The second kappa shape index (κ2) is 8.02. The Bertz CT molecular complexity index is 1440. The van der Waals surface area contributed by atoms with Gasteiger partial charge in [-0.3, -0.25) is 9.48 Å². The van der Waals surface area contributed by atoms with Crippen LogP contribution in [0.4, 0.5) is 8.78 Å². The molecule has 0 unspecified atom stereocenters. The second-order valence-electron chi connectivity index (χ2n) is 9.08. The van der Waals surface area contributed by atoms with E-state index in [1.54, 1.807) is 49.1 Å². The van der Waals surface area contributed by atoms with Crippen molar-refractivity contribution in [3.05, 3.63) is 76.1 Å². The average molecular weight is 466 g/mol. The highest BCUT2D eigenvalue weighted by Gasteiger charge is 2.30. The van der Waals surface area contributed by atoms with Crippen molar-refractivity contribution >= 4 is 10.9 Å². The summed E-state index contributed by atoms with van der Waals surface area (Å²) >= 11 is 0. The zero-order valence-corrected chi connectivity index (χ0v) is 19.0. The largest absolute Gasteiger partial charge is 0.434 e. The lowest BCUT2D eigenvalue weighted by Gasteiger charge is -2.19. The Morgan fingerprint density at radius 1 is 1.12 bits per heavy atom. The summed E-state index contributed by atoms with van der Waals surface area (Å²) < 4.78 is 34.5. The van der Waals surface area contributed by atoms with E-state index < -0.39 is 12.2 Å². The molecule has 0 aliphatic carbocycles. The van der Waals surface area contributed by atoms with Crippen LogP contribution in [0.25, 0.3) is 22.0 Å². The molecule has 176 valence electrons. The number of nitrogens with zero attached hydrogens (tertiary/aromatic N) is 4. The number of hydrogen-bond acceptors (Lipinski definition) is 5. The lowest BCUT2D eigenvalue weighted by atomic mass is 10.0. The molecule has 0 saturated carbocycles. The van der Waals surface area contributed by atoms with Gasteiger partial charge in [-0.1, -0.05) is 23.8 Å². The number of benzene rings is 2. The maximum absolute atomic E-state index is 13.1. The summed E-state index contributed by atoms with van der Waals surface area (Å²) in [6.07, 6.45) is 3.85. The predicted molar refractivity (Wildman–Crippen MR) is 123 cm³/mol. The SMILES string of the molecule is Cc1ccc(OC(F)F)c([C@H]2CCn3c(=O)c4ccc(-c5cnc(C(C)(C)O)nc5)cc4n32)c1. The molecule has 0 fully saturated rings. The first-order valence-electron chi connectivity index (χ1n) is 11.0. The minimum absolute atomic E-state index is 0.111. The van der Waals surface area contributed by atoms with Crippen molar-refractivity contribution in [2.45, 2.75) is 52.0 Å². The topological polar surface area (TPSA) is 82.2 Å². The number of ether oxygens (including phenoxy) is 1. The third-order valence-electron chi connectivity index (χ3n) is 6.15. The minimum atomic E-state index is -2.94. The van der Waals surface area contributed by atoms with E-state index in [0.717, 1.165) is 16.7 Å². The minimum Gasteiger partial charge on any atom is -0.434 e. The molecule has 0 radical (unpaired) electrons. The molecule has 3 heterocycles. The average Bonchev–Trinajstić information content (AvgIpc) is 3.34. The lowest BCUT2D eigenvalue weighted by Crippen LogP contribution is -2.19. The van der Waals surface area contributed by atoms with Crippen LogP contribution in [0.3, 0.4) is 0 Å². The summed E-state index contributed by atoms with van der Waals surface area (Å²) in [7, 11) is 0. The molecule has 1 atom stereocenters. The summed E-state index contributed by atoms with van der Waals surface area (Å²) in [5, 5.41) is 10.7. The van der Waals surface area contributed by atoms with Gasteiger partial charge in [0.15, 0.2) is 5.82 Å². The highest BCUT2D eigenvalue weighted by molar-refractivity contribution is 5.84. The highest BCUT2D eigenvalue weighted by Crippen LogP contribution is 2.38. The molecular formula is C25H24F2N4O3. The van der Waals surface area contributed by atoms with Gasteiger partial charge in [0.2, 0.25) is 0 Å². The maximum atomic E-state index is 13.1. The van der Waals surface area contributed by atoms with Crippen LogP contribution in [0.2, 0.25) is 0 Å². The van der Waals surface area contributed by atoms with Gasteiger partial charge in [-0.05, 0) is 51.0 Å². The number of aryl methyl sites for hydroxylation is 1. The summed E-state index contributed by atoms with van der Waals surface area (Å²) in [4.78, 5) is 21.6. The number of rotatable bonds is 5. The third kappa shape index (κ3) is 3.75. The Labute approximate surface area is 194 Å². The molecule has 0 bridgehead atoms. The molecule has 9 heteroatoms. The number of aromatic nitrogens is 4. The number of fused-ring (bicyclic) bond motifs is 3. The Kier molecular flexibility index (Phi) is 5.24. The number of hydrogen-bond donors (Lipinski definition) is 1. The number of aliphatic hydroxyl groups is 1. The van der Waals surface area contributed by atoms with Gasteiger partial charge in [-0.15, -0.1) is 0 Å². The standard InChI is InChI=1S/C25H24F2N4O3/c1-14-4-7-21(34-24(26)27)18(10-14)19-8-9-30-22(32)17-6-5-15(11-20(17)31(19)30)16-12-28-23(29-13-16)25(2,3)33/h4-7,10-13,19,24,33H,8-9H2,1-3H3/t19-/m1/s1. The molecule has 0 saturated heterocycles. The monoisotopic (exact) mass is 466 g/mol. The van der Waals surface area contributed by atoms with Gasteiger partial charge in [-0.25, -0.2) is 14.6 Å². The van der Waals surface area contributed by atoms with Gasteiger partial charge >= 0.3 is 6.61 Å². The zero-order chi connectivity index (χ0) is 24.2. The number of halogens is 2. The van der Waals surface area contributed by atoms with Gasteiger partial charge in [-0.2, -0.15) is 8.78 Å². The van der Waals surface area contributed by atoms with Crippen LogP contribution in [0, 0.1) is 6.92 Å². The number of alkyl halides is 2. The van der Waals surface area contributed by atoms with Gasteiger partial charge in [0.05, 0.1) is 16.9 Å². The van der Waals surface area contributed by atoms with Crippen LogP contribution in [0.5, 0.6) is 5.75 Å². The summed E-state index contributed by atoms with van der Waals surface area (Å²) in [6.45, 7) is 2.65. The second-order valence-corrected chi connectivity index (χ2v) is 9.08.